The molecule has 3 rings (SSSR count). The third-order valence-electron chi connectivity index (χ3n) is 3.88. The average molecular weight is 359 g/mol. The first-order chi connectivity index (χ1) is 9.70. The summed E-state index contributed by atoms with van der Waals surface area (Å²) in [5.41, 5.74) is 7.25. The molecule has 1 saturated heterocycles. The molecule has 110 valence electrons. The van der Waals surface area contributed by atoms with Crippen LogP contribution in [0.5, 0.6) is 11.5 Å². The Kier molecular flexibility index (Phi) is 4.45. The monoisotopic (exact) mass is 358 g/mol. The number of rotatable bonds is 3. The van der Waals surface area contributed by atoms with Gasteiger partial charge in [0.05, 0.1) is 4.47 Å². The Morgan fingerprint density at radius 3 is 3.10 bits per heavy atom. The van der Waals surface area contributed by atoms with Crippen LogP contribution in [0.4, 0.5) is 0 Å². The molecule has 0 aliphatic carbocycles. The number of fused-ring (bicyclic) bond motifs is 1. The lowest BCUT2D eigenvalue weighted by atomic mass is 10.0. The highest BCUT2D eigenvalue weighted by molar-refractivity contribution is 9.10. The highest BCUT2D eigenvalue weighted by Gasteiger charge is 2.28. The lowest BCUT2D eigenvalue weighted by molar-refractivity contribution is 0.165. The van der Waals surface area contributed by atoms with Crippen LogP contribution in [0.3, 0.4) is 0 Å². The number of nitrogens with two attached hydrogens (primary N) is 1. The summed E-state index contributed by atoms with van der Waals surface area (Å²) >= 11 is 5.58. The molecule has 1 fully saturated rings. The topological polar surface area (TPSA) is 47.7 Å². The fraction of sp³-hybridized carbons (Fsp3) is 0.571. The summed E-state index contributed by atoms with van der Waals surface area (Å²) in [6.07, 6.45) is 0. The van der Waals surface area contributed by atoms with E-state index in [1.165, 1.54) is 17.1 Å². The van der Waals surface area contributed by atoms with Crippen LogP contribution >= 0.6 is 27.7 Å². The first-order valence-electron chi connectivity index (χ1n) is 6.83. The molecular weight excluding hydrogens is 340 g/mol. The van der Waals surface area contributed by atoms with E-state index in [-0.39, 0.29) is 6.04 Å². The van der Waals surface area contributed by atoms with Crippen LogP contribution in [0.15, 0.2) is 16.6 Å². The molecule has 2 heterocycles. The number of ether oxygens (including phenoxy) is 2. The third kappa shape index (κ3) is 2.66. The van der Waals surface area contributed by atoms with Crippen molar-refractivity contribution < 1.29 is 9.47 Å². The maximum atomic E-state index is 6.06. The number of halogens is 1. The molecule has 0 saturated carbocycles. The number of nitrogens with zero attached hydrogens (tertiary/aromatic N) is 1. The van der Waals surface area contributed by atoms with Gasteiger partial charge < -0.3 is 15.2 Å². The fourth-order valence-electron chi connectivity index (χ4n) is 2.85. The van der Waals surface area contributed by atoms with Crippen molar-refractivity contribution in [2.45, 2.75) is 19.0 Å². The summed E-state index contributed by atoms with van der Waals surface area (Å²) in [6, 6.07) is 4.96. The molecule has 2 aliphatic heterocycles. The van der Waals surface area contributed by atoms with E-state index in [4.69, 9.17) is 15.2 Å². The highest BCUT2D eigenvalue weighted by Crippen LogP contribution is 2.42. The first kappa shape index (κ1) is 14.5. The van der Waals surface area contributed by atoms with Crippen molar-refractivity contribution >= 4 is 27.7 Å². The van der Waals surface area contributed by atoms with Gasteiger partial charge in [-0.2, -0.15) is 11.8 Å². The molecule has 2 aliphatic rings. The van der Waals surface area contributed by atoms with Crippen molar-refractivity contribution in [3.05, 3.63) is 22.2 Å². The lowest BCUT2D eigenvalue weighted by Gasteiger charge is -2.39. The van der Waals surface area contributed by atoms with Crippen LogP contribution in [-0.4, -0.2) is 42.3 Å². The van der Waals surface area contributed by atoms with E-state index in [1.807, 2.05) is 11.8 Å². The van der Waals surface area contributed by atoms with Gasteiger partial charge in [0, 0.05) is 36.7 Å². The maximum Gasteiger partial charge on any atom is 0.231 e. The van der Waals surface area contributed by atoms with Crippen LogP contribution in [0, 0.1) is 0 Å². The van der Waals surface area contributed by atoms with E-state index in [0.29, 0.717) is 19.4 Å². The second-order valence-electron chi connectivity index (χ2n) is 5.15. The van der Waals surface area contributed by atoms with Gasteiger partial charge in [-0.25, -0.2) is 0 Å². The minimum Gasteiger partial charge on any atom is -0.454 e. The normalized spacial score (nSPS) is 23.9. The summed E-state index contributed by atoms with van der Waals surface area (Å²) in [5.74, 6) is 3.95. The molecule has 2 unspecified atom stereocenters. The maximum absolute atomic E-state index is 6.06. The Hall–Kier alpha value is -0.430. The summed E-state index contributed by atoms with van der Waals surface area (Å²) in [6.45, 7) is 4.26. The van der Waals surface area contributed by atoms with Crippen molar-refractivity contribution in [1.29, 1.82) is 0 Å². The zero-order valence-corrected chi connectivity index (χ0v) is 13.9. The molecule has 1 aromatic rings. The third-order valence-corrected chi connectivity index (χ3v) is 5.66. The molecule has 0 radical (unpaired) electrons. The average Bonchev–Trinajstić information content (AvgIpc) is 2.91. The zero-order chi connectivity index (χ0) is 14.1. The van der Waals surface area contributed by atoms with Crippen LogP contribution < -0.4 is 15.2 Å². The van der Waals surface area contributed by atoms with Crippen molar-refractivity contribution in [3.63, 3.8) is 0 Å². The molecule has 2 N–H and O–H groups in total. The largest absolute Gasteiger partial charge is 0.454 e. The molecule has 0 aromatic heterocycles. The number of benzene rings is 1. The first-order valence-corrected chi connectivity index (χ1v) is 8.78. The highest BCUT2D eigenvalue weighted by atomic mass is 79.9. The standard InChI is InChI=1S/C14H19BrN2O2S/c1-9-7-20-3-2-17(9)12(6-16)10-4-11(15)14-13(5-10)18-8-19-14/h4-5,9,12H,2-3,6-8,16H2,1H3. The van der Waals surface area contributed by atoms with Gasteiger partial charge in [0.25, 0.3) is 0 Å². The van der Waals surface area contributed by atoms with Crippen molar-refractivity contribution in [1.82, 2.24) is 4.90 Å². The van der Waals surface area contributed by atoms with Crippen LogP contribution in [0.2, 0.25) is 0 Å². The summed E-state index contributed by atoms with van der Waals surface area (Å²) in [5, 5.41) is 0. The Balaban J connectivity index is 1.91. The van der Waals surface area contributed by atoms with Gasteiger partial charge in [0.2, 0.25) is 6.79 Å². The van der Waals surface area contributed by atoms with Gasteiger partial charge in [-0.05, 0) is 40.5 Å². The molecule has 6 heteroatoms. The molecule has 0 amide bonds. The van der Waals surface area contributed by atoms with Gasteiger partial charge in [0.15, 0.2) is 11.5 Å². The predicted molar refractivity (Wildman–Crippen MR) is 85.6 cm³/mol. The zero-order valence-electron chi connectivity index (χ0n) is 11.5. The number of hydrogen-bond acceptors (Lipinski definition) is 5. The van der Waals surface area contributed by atoms with E-state index in [2.05, 4.69) is 39.9 Å². The fourth-order valence-corrected chi connectivity index (χ4v) is 4.46. The quantitative estimate of drug-likeness (QED) is 0.899. The Labute approximate surface area is 132 Å². The van der Waals surface area contributed by atoms with Gasteiger partial charge in [-0.1, -0.05) is 0 Å². The van der Waals surface area contributed by atoms with Gasteiger partial charge >= 0.3 is 0 Å². The SMILES string of the molecule is CC1CSCCN1C(CN)c1cc(Br)c2c(c1)OCO2. The van der Waals surface area contributed by atoms with Gasteiger partial charge in [0.1, 0.15) is 0 Å². The number of thioether (sulfide) groups is 1. The molecule has 4 nitrogen and oxygen atoms in total. The predicted octanol–water partition coefficient (Wildman–Crippen LogP) is 2.61. The van der Waals surface area contributed by atoms with Crippen molar-refractivity contribution in [2.75, 3.05) is 31.4 Å². The van der Waals surface area contributed by atoms with E-state index in [0.717, 1.165) is 22.5 Å². The van der Waals surface area contributed by atoms with E-state index in [9.17, 15) is 0 Å². The molecule has 0 spiro atoms. The summed E-state index contributed by atoms with van der Waals surface area (Å²) in [4.78, 5) is 2.50. The summed E-state index contributed by atoms with van der Waals surface area (Å²) in [7, 11) is 0. The Morgan fingerprint density at radius 2 is 2.35 bits per heavy atom. The van der Waals surface area contributed by atoms with Crippen molar-refractivity contribution in [3.8, 4) is 11.5 Å². The lowest BCUT2D eigenvalue weighted by Crippen LogP contribution is -2.45. The Morgan fingerprint density at radius 1 is 1.50 bits per heavy atom. The van der Waals surface area contributed by atoms with E-state index < -0.39 is 0 Å². The van der Waals surface area contributed by atoms with Crippen molar-refractivity contribution in [2.24, 2.45) is 5.73 Å². The van der Waals surface area contributed by atoms with Gasteiger partial charge in [-0.15, -0.1) is 0 Å². The number of hydrogen-bond donors (Lipinski definition) is 1. The molecule has 1 aromatic carbocycles. The molecular formula is C14H19BrN2O2S. The molecule has 0 bridgehead atoms. The van der Waals surface area contributed by atoms with Gasteiger partial charge in [-0.3, -0.25) is 4.90 Å². The minimum absolute atomic E-state index is 0.233. The van der Waals surface area contributed by atoms with Crippen LogP contribution in [-0.2, 0) is 0 Å². The van der Waals surface area contributed by atoms with Crippen LogP contribution in [0.1, 0.15) is 18.5 Å². The molecule has 2 atom stereocenters. The van der Waals surface area contributed by atoms with E-state index in [1.54, 1.807) is 0 Å². The van der Waals surface area contributed by atoms with E-state index >= 15 is 0 Å². The minimum atomic E-state index is 0.233. The smallest absolute Gasteiger partial charge is 0.231 e. The second-order valence-corrected chi connectivity index (χ2v) is 7.15. The Bertz CT molecular complexity index is 500. The second kappa shape index (κ2) is 6.13. The molecule has 20 heavy (non-hydrogen) atoms. The van der Waals surface area contributed by atoms with Crippen LogP contribution in [0.25, 0.3) is 0 Å². The summed E-state index contributed by atoms with van der Waals surface area (Å²) < 4.78 is 11.9.